The van der Waals surface area contributed by atoms with Crippen molar-refractivity contribution in [1.29, 1.82) is 0 Å². The normalized spacial score (nSPS) is 17.4. The third kappa shape index (κ3) is 4.45. The van der Waals surface area contributed by atoms with Crippen LogP contribution in [-0.2, 0) is 14.4 Å². The van der Waals surface area contributed by atoms with Gasteiger partial charge in [-0.2, -0.15) is 0 Å². The van der Waals surface area contributed by atoms with Crippen molar-refractivity contribution in [2.45, 2.75) is 19.4 Å². The average molecular weight is 319 g/mol. The highest BCUT2D eigenvalue weighted by Gasteiger charge is 2.34. The van der Waals surface area contributed by atoms with Gasteiger partial charge in [-0.15, -0.1) is 0 Å². The maximum Gasteiger partial charge on any atom is 0.261 e. The summed E-state index contributed by atoms with van der Waals surface area (Å²) in [6.45, 7) is 2.51. The fraction of sp³-hybridized carbons (Fsp3) is 0.438. The number of nitrogens with one attached hydrogen (secondary N) is 2. The Kier molecular flexibility index (Phi) is 5.56. The van der Waals surface area contributed by atoms with Crippen molar-refractivity contribution in [3.05, 3.63) is 29.8 Å². The number of piperazine rings is 1. The molecule has 1 aromatic carbocycles. The van der Waals surface area contributed by atoms with E-state index < -0.39 is 6.04 Å². The Hall–Kier alpha value is -2.57. The molecule has 3 amide bonds. The van der Waals surface area contributed by atoms with E-state index in [0.29, 0.717) is 18.8 Å². The number of amides is 3. The molecule has 0 bridgehead atoms. The molecule has 1 aliphatic heterocycles. The highest BCUT2D eigenvalue weighted by atomic mass is 16.5. The monoisotopic (exact) mass is 319 g/mol. The summed E-state index contributed by atoms with van der Waals surface area (Å²) in [5.41, 5.74) is 1.03. The van der Waals surface area contributed by atoms with Crippen LogP contribution in [0.5, 0.6) is 5.75 Å². The number of carbonyl (C=O) groups excluding carboxylic acids is 3. The molecule has 23 heavy (non-hydrogen) atoms. The lowest BCUT2D eigenvalue weighted by Crippen LogP contribution is -2.59. The van der Waals surface area contributed by atoms with Crippen LogP contribution in [0.1, 0.15) is 12.0 Å². The third-order valence-corrected chi connectivity index (χ3v) is 3.66. The predicted octanol–water partition coefficient (Wildman–Crippen LogP) is -0.163. The molecule has 1 heterocycles. The van der Waals surface area contributed by atoms with Crippen molar-refractivity contribution >= 4 is 17.7 Å². The van der Waals surface area contributed by atoms with Gasteiger partial charge < -0.3 is 20.3 Å². The highest BCUT2D eigenvalue weighted by molar-refractivity contribution is 5.93. The van der Waals surface area contributed by atoms with E-state index in [1.807, 2.05) is 25.1 Å². The first-order valence-corrected chi connectivity index (χ1v) is 7.48. The first-order chi connectivity index (χ1) is 11.0. The lowest BCUT2D eigenvalue weighted by Gasteiger charge is -2.34. The Balaban J connectivity index is 2.00. The summed E-state index contributed by atoms with van der Waals surface area (Å²) in [5, 5.41) is 5.14. The third-order valence-electron chi connectivity index (χ3n) is 3.66. The molecule has 0 aromatic heterocycles. The van der Waals surface area contributed by atoms with Gasteiger partial charge in [0.05, 0.1) is 6.42 Å². The van der Waals surface area contributed by atoms with E-state index in [9.17, 15) is 14.4 Å². The Bertz CT molecular complexity index is 603. The van der Waals surface area contributed by atoms with Crippen LogP contribution in [0.4, 0.5) is 0 Å². The number of nitrogens with zero attached hydrogens (tertiary/aromatic N) is 1. The quantitative estimate of drug-likeness (QED) is 0.789. The lowest BCUT2D eigenvalue weighted by atomic mass is 10.1. The fourth-order valence-electron chi connectivity index (χ4n) is 2.43. The Labute approximate surface area is 135 Å². The maximum atomic E-state index is 12.4. The van der Waals surface area contributed by atoms with E-state index >= 15 is 0 Å². The van der Waals surface area contributed by atoms with Gasteiger partial charge >= 0.3 is 0 Å². The SMILES string of the molecule is CNC(=O)CC1C(=O)NCCN1C(=O)COc1cccc(C)c1. The number of hydrogen-bond acceptors (Lipinski definition) is 4. The van der Waals surface area contributed by atoms with Gasteiger partial charge in [-0.1, -0.05) is 12.1 Å². The number of hydrogen-bond donors (Lipinski definition) is 2. The Morgan fingerprint density at radius 1 is 1.43 bits per heavy atom. The second-order valence-electron chi connectivity index (χ2n) is 5.38. The lowest BCUT2D eigenvalue weighted by molar-refractivity contribution is -0.146. The molecule has 1 fully saturated rings. The minimum absolute atomic E-state index is 0.0570. The van der Waals surface area contributed by atoms with Gasteiger partial charge in [-0.25, -0.2) is 0 Å². The van der Waals surface area contributed by atoms with Crippen molar-refractivity contribution in [2.75, 3.05) is 26.7 Å². The van der Waals surface area contributed by atoms with Crippen LogP contribution in [0.2, 0.25) is 0 Å². The molecular formula is C16H21N3O4. The van der Waals surface area contributed by atoms with Crippen molar-refractivity contribution < 1.29 is 19.1 Å². The number of aryl methyl sites for hydroxylation is 1. The van der Waals surface area contributed by atoms with Crippen LogP contribution < -0.4 is 15.4 Å². The average Bonchev–Trinajstić information content (AvgIpc) is 2.54. The van der Waals surface area contributed by atoms with Crippen molar-refractivity contribution in [3.63, 3.8) is 0 Å². The molecule has 0 radical (unpaired) electrons. The Morgan fingerprint density at radius 3 is 2.91 bits per heavy atom. The zero-order chi connectivity index (χ0) is 16.8. The molecular weight excluding hydrogens is 298 g/mol. The molecule has 7 nitrogen and oxygen atoms in total. The van der Waals surface area contributed by atoms with Crippen LogP contribution in [0, 0.1) is 6.92 Å². The Morgan fingerprint density at radius 2 is 2.22 bits per heavy atom. The van der Waals surface area contributed by atoms with Gasteiger partial charge in [0, 0.05) is 20.1 Å². The van der Waals surface area contributed by atoms with Crippen molar-refractivity contribution in [3.8, 4) is 5.75 Å². The zero-order valence-electron chi connectivity index (χ0n) is 13.3. The van der Waals surface area contributed by atoms with Crippen LogP contribution >= 0.6 is 0 Å². The molecule has 0 spiro atoms. The topological polar surface area (TPSA) is 87.7 Å². The summed E-state index contributed by atoms with van der Waals surface area (Å²) >= 11 is 0. The minimum Gasteiger partial charge on any atom is -0.484 e. The maximum absolute atomic E-state index is 12.4. The van der Waals surface area contributed by atoms with Crippen LogP contribution in [0.3, 0.4) is 0 Å². The highest BCUT2D eigenvalue weighted by Crippen LogP contribution is 2.14. The van der Waals surface area contributed by atoms with Gasteiger partial charge in [0.15, 0.2) is 6.61 Å². The standard InChI is InChI=1S/C16H21N3O4/c1-11-4-3-5-12(8-11)23-10-15(21)19-7-6-18-16(22)13(19)9-14(20)17-2/h3-5,8,13H,6-7,9-10H2,1-2H3,(H,17,20)(H,18,22). The number of carbonyl (C=O) groups is 3. The van der Waals surface area contributed by atoms with E-state index in [-0.39, 0.29) is 30.7 Å². The summed E-state index contributed by atoms with van der Waals surface area (Å²) in [7, 11) is 1.50. The van der Waals surface area contributed by atoms with E-state index in [1.165, 1.54) is 11.9 Å². The smallest absolute Gasteiger partial charge is 0.261 e. The largest absolute Gasteiger partial charge is 0.484 e. The summed E-state index contributed by atoms with van der Waals surface area (Å²) in [5.74, 6) is -0.314. The van der Waals surface area contributed by atoms with Gasteiger partial charge in [0.1, 0.15) is 11.8 Å². The summed E-state index contributed by atoms with van der Waals surface area (Å²) in [6, 6.07) is 6.59. The molecule has 1 aliphatic rings. The zero-order valence-corrected chi connectivity index (χ0v) is 13.3. The molecule has 1 saturated heterocycles. The second-order valence-corrected chi connectivity index (χ2v) is 5.38. The summed E-state index contributed by atoms with van der Waals surface area (Å²) < 4.78 is 5.49. The van der Waals surface area contributed by atoms with Gasteiger partial charge in [-0.05, 0) is 24.6 Å². The molecule has 2 N–H and O–H groups in total. The first-order valence-electron chi connectivity index (χ1n) is 7.48. The first kappa shape index (κ1) is 16.8. The van der Waals surface area contributed by atoms with E-state index in [1.54, 1.807) is 6.07 Å². The fourth-order valence-corrected chi connectivity index (χ4v) is 2.43. The van der Waals surface area contributed by atoms with Gasteiger partial charge in [-0.3, -0.25) is 14.4 Å². The minimum atomic E-state index is -0.794. The molecule has 0 saturated carbocycles. The van der Waals surface area contributed by atoms with E-state index in [2.05, 4.69) is 10.6 Å². The molecule has 1 atom stereocenters. The number of ether oxygens (including phenoxy) is 1. The van der Waals surface area contributed by atoms with Crippen molar-refractivity contribution in [2.24, 2.45) is 0 Å². The van der Waals surface area contributed by atoms with Crippen LogP contribution in [0.15, 0.2) is 24.3 Å². The molecule has 0 aliphatic carbocycles. The molecule has 1 aromatic rings. The van der Waals surface area contributed by atoms with Crippen LogP contribution in [0.25, 0.3) is 0 Å². The molecule has 7 heteroatoms. The number of benzene rings is 1. The van der Waals surface area contributed by atoms with Gasteiger partial charge in [0.2, 0.25) is 11.8 Å². The molecule has 2 rings (SSSR count). The number of rotatable bonds is 5. The predicted molar refractivity (Wildman–Crippen MR) is 83.9 cm³/mol. The summed E-state index contributed by atoms with van der Waals surface area (Å²) in [4.78, 5) is 37.3. The van der Waals surface area contributed by atoms with Crippen molar-refractivity contribution in [1.82, 2.24) is 15.5 Å². The van der Waals surface area contributed by atoms with E-state index in [0.717, 1.165) is 5.56 Å². The molecule has 1 unspecified atom stereocenters. The summed E-state index contributed by atoms with van der Waals surface area (Å²) in [6.07, 6.45) is -0.0570. The second kappa shape index (κ2) is 7.62. The molecule has 124 valence electrons. The van der Waals surface area contributed by atoms with E-state index in [4.69, 9.17) is 4.74 Å². The van der Waals surface area contributed by atoms with Crippen LogP contribution in [-0.4, -0.2) is 55.4 Å². The van der Waals surface area contributed by atoms with Gasteiger partial charge in [0.25, 0.3) is 5.91 Å².